The molecule has 7 heteroatoms. The Kier molecular flexibility index (Phi) is 4.33. The number of hydrogen-bond donors (Lipinski definition) is 2. The van der Waals surface area contributed by atoms with Gasteiger partial charge in [-0.3, -0.25) is 0 Å². The average Bonchev–Trinajstić information content (AvgIpc) is 2.78. The number of rotatable bonds is 7. The van der Waals surface area contributed by atoms with Crippen LogP contribution in [0.1, 0.15) is 34.6 Å². The summed E-state index contributed by atoms with van der Waals surface area (Å²) >= 11 is 0. The quantitative estimate of drug-likeness (QED) is 0.557. The number of carbonyl (C=O) groups is 1. The highest BCUT2D eigenvalue weighted by molar-refractivity contribution is 8.73. The van der Waals surface area contributed by atoms with Crippen LogP contribution in [0.5, 0.6) is 0 Å². The summed E-state index contributed by atoms with van der Waals surface area (Å²) < 4.78 is 0. The molecule has 122 valence electrons. The third-order valence-corrected chi connectivity index (χ3v) is 11.8. The lowest BCUT2D eigenvalue weighted by molar-refractivity contribution is -0.129. The Labute approximate surface area is 125 Å². The molecule has 1 rings (SSSR count). The number of nitrogens with two attached hydrogens (primary N) is 1. The Morgan fingerprint density at radius 3 is 2.24 bits per heavy atom. The summed E-state index contributed by atoms with van der Waals surface area (Å²) in [4.78, 5) is 20.8. The fraction of sp³-hybridized carbons (Fsp3) is 0.643. The molecule has 1 heterocycles. The van der Waals surface area contributed by atoms with Crippen LogP contribution in [0.2, 0.25) is 0 Å². The van der Waals surface area contributed by atoms with Crippen molar-refractivity contribution in [1.29, 1.82) is 0 Å². The normalized spacial score (nSPS) is 25.5. The zero-order valence-corrected chi connectivity index (χ0v) is 14.3. The molecule has 0 spiro atoms. The molecule has 0 radical (unpaired) electrons. The Morgan fingerprint density at radius 1 is 1.38 bits per heavy atom. The van der Waals surface area contributed by atoms with Crippen LogP contribution in [0.4, 0.5) is 0 Å². The third kappa shape index (κ3) is 2.98. The zero-order valence-electron chi connectivity index (χ0n) is 13.5. The van der Waals surface area contributed by atoms with Crippen LogP contribution in [0, 0.1) is 0 Å². The van der Waals surface area contributed by atoms with E-state index in [1.54, 1.807) is 19.4 Å². The van der Waals surface area contributed by atoms with Gasteiger partial charge in [0.15, 0.2) is 0 Å². The van der Waals surface area contributed by atoms with E-state index in [0.717, 1.165) is 17.3 Å². The van der Waals surface area contributed by atoms with E-state index in [1.807, 2.05) is 26.2 Å². The SMILES string of the molecule is CCS1(N)(CC)(CC)C=NC(/C(=N/OC(C)C)C(=O)O)=C1. The van der Waals surface area contributed by atoms with Crippen molar-refractivity contribution in [2.24, 2.45) is 15.3 Å². The van der Waals surface area contributed by atoms with Gasteiger partial charge in [0, 0.05) is 5.55 Å². The zero-order chi connectivity index (χ0) is 16.4. The summed E-state index contributed by atoms with van der Waals surface area (Å²) in [6.45, 7) is 9.65. The number of aliphatic imine (C=N–C) groups is 1. The third-order valence-electron chi connectivity index (χ3n) is 4.56. The van der Waals surface area contributed by atoms with Crippen LogP contribution in [0.3, 0.4) is 0 Å². The van der Waals surface area contributed by atoms with Gasteiger partial charge in [-0.25, -0.2) is 9.79 Å². The van der Waals surface area contributed by atoms with Gasteiger partial charge < -0.3 is 15.1 Å². The first-order chi connectivity index (χ1) is 9.58. The molecule has 0 saturated carbocycles. The van der Waals surface area contributed by atoms with E-state index < -0.39 is 14.4 Å². The summed E-state index contributed by atoms with van der Waals surface area (Å²) in [5.74, 6) is 1.04. The molecule has 21 heavy (non-hydrogen) atoms. The standard InChI is InChI=1S/C14H27N3O3S/c1-6-21(15,7-2,8-3)9-12(16-10-21)13(14(18)19)17-20-11(4)5/h9-11H,6-8,15H2,1-5H3,(H,18,19)/b17-13-. The Morgan fingerprint density at radius 2 is 1.90 bits per heavy atom. The molecule has 6 nitrogen and oxygen atoms in total. The molecule has 0 aliphatic carbocycles. The van der Waals surface area contributed by atoms with Gasteiger partial charge in [0.25, 0.3) is 0 Å². The second kappa shape index (κ2) is 5.14. The number of nitrogens with zero attached hydrogens (tertiary/aromatic N) is 2. The van der Waals surface area contributed by atoms with Gasteiger partial charge in [0.05, 0.1) is 0 Å². The minimum Gasteiger partial charge on any atom is -0.476 e. The lowest BCUT2D eigenvalue weighted by Crippen LogP contribution is -2.49. The highest BCUT2D eigenvalue weighted by atomic mass is 32.4. The summed E-state index contributed by atoms with van der Waals surface area (Å²) in [5, 5.41) is 21.8. The van der Waals surface area contributed by atoms with Gasteiger partial charge in [-0.1, -0.05) is 25.9 Å². The topological polar surface area (TPSA) is 97.3 Å². The minimum atomic E-state index is -3.11. The summed E-state index contributed by atoms with van der Waals surface area (Å²) in [6.07, 6.45) is -0.199. The van der Waals surface area contributed by atoms with E-state index >= 15 is 0 Å². The summed E-state index contributed by atoms with van der Waals surface area (Å²) in [5.41, 5.74) is 1.91. The highest BCUT2D eigenvalue weighted by Crippen LogP contribution is 2.83. The average molecular weight is 317 g/mol. The maximum Gasteiger partial charge on any atom is 0.360 e. The molecule has 0 fully saturated rings. The van der Waals surface area contributed by atoms with Crippen LogP contribution in [-0.2, 0) is 9.63 Å². The van der Waals surface area contributed by atoms with E-state index in [0.29, 0.717) is 5.70 Å². The van der Waals surface area contributed by atoms with Gasteiger partial charge in [0.1, 0.15) is 11.8 Å². The van der Waals surface area contributed by atoms with Crippen LogP contribution in [0.15, 0.2) is 21.3 Å². The van der Waals surface area contributed by atoms with E-state index in [2.05, 4.69) is 10.1 Å². The maximum atomic E-state index is 11.4. The lowest BCUT2D eigenvalue weighted by atomic mass is 10.3. The summed E-state index contributed by atoms with van der Waals surface area (Å²) in [7, 11) is -3.11. The minimum absolute atomic E-state index is 0.191. The predicted octanol–water partition coefficient (Wildman–Crippen LogP) is 2.54. The van der Waals surface area contributed by atoms with Crippen LogP contribution in [-0.4, -0.2) is 45.7 Å². The van der Waals surface area contributed by atoms with Gasteiger partial charge in [0.2, 0.25) is 5.71 Å². The number of carboxylic acids is 1. The van der Waals surface area contributed by atoms with Crippen LogP contribution >= 0.6 is 8.48 Å². The maximum absolute atomic E-state index is 11.4. The van der Waals surface area contributed by atoms with Crippen LogP contribution in [0.25, 0.3) is 0 Å². The van der Waals surface area contributed by atoms with Crippen molar-refractivity contribution >= 4 is 25.7 Å². The lowest BCUT2D eigenvalue weighted by Gasteiger charge is -2.70. The first kappa shape index (κ1) is 17.7. The molecule has 0 aromatic rings. The molecule has 3 N–H and O–H groups in total. The Hall–Kier alpha value is -1.34. The monoisotopic (exact) mass is 317 g/mol. The molecule has 0 unspecified atom stereocenters. The van der Waals surface area contributed by atoms with Crippen molar-refractivity contribution in [2.45, 2.75) is 40.7 Å². The predicted molar refractivity (Wildman–Crippen MR) is 91.3 cm³/mol. The van der Waals surface area contributed by atoms with Crippen molar-refractivity contribution in [3.05, 3.63) is 11.1 Å². The van der Waals surface area contributed by atoms with Crippen molar-refractivity contribution in [2.75, 3.05) is 17.3 Å². The fourth-order valence-electron chi connectivity index (χ4n) is 2.21. The number of aliphatic carboxylic acids is 1. The molecule has 0 saturated heterocycles. The first-order valence-corrected chi connectivity index (χ1v) is 10.3. The first-order valence-electron chi connectivity index (χ1n) is 7.19. The Bertz CT molecular complexity index is 534. The van der Waals surface area contributed by atoms with Gasteiger partial charge in [-0.15, -0.1) is 0 Å². The van der Waals surface area contributed by atoms with Crippen molar-refractivity contribution < 1.29 is 14.7 Å². The number of hydrogen-bond acceptors (Lipinski definition) is 5. The van der Waals surface area contributed by atoms with Crippen LogP contribution < -0.4 is 5.14 Å². The molecule has 0 amide bonds. The van der Waals surface area contributed by atoms with Gasteiger partial charge >= 0.3 is 5.97 Å². The highest BCUT2D eigenvalue weighted by Gasteiger charge is 2.53. The largest absolute Gasteiger partial charge is 0.476 e. The summed E-state index contributed by atoms with van der Waals surface area (Å²) in [6, 6.07) is 0. The second-order valence-electron chi connectivity index (χ2n) is 6.02. The molecule has 0 bridgehead atoms. The molecule has 0 aromatic heterocycles. The van der Waals surface area contributed by atoms with E-state index in [-0.39, 0.29) is 11.8 Å². The number of carboxylic acid groups (broad SMARTS) is 1. The van der Waals surface area contributed by atoms with Crippen molar-refractivity contribution in [3.8, 4) is 0 Å². The van der Waals surface area contributed by atoms with E-state index in [9.17, 15) is 9.90 Å². The molecular formula is C14H27N3O3S. The Balaban J connectivity index is 3.40. The molecule has 0 atom stereocenters. The van der Waals surface area contributed by atoms with Gasteiger partial charge in [-0.2, -0.15) is 8.48 Å². The van der Waals surface area contributed by atoms with Crippen molar-refractivity contribution in [1.82, 2.24) is 0 Å². The molecular weight excluding hydrogens is 290 g/mol. The fourth-order valence-corrected chi connectivity index (χ4v) is 5.81. The molecule has 1 aliphatic rings. The van der Waals surface area contributed by atoms with E-state index in [1.165, 1.54) is 0 Å². The van der Waals surface area contributed by atoms with Crippen molar-refractivity contribution in [3.63, 3.8) is 0 Å². The molecule has 1 aliphatic heterocycles. The van der Waals surface area contributed by atoms with Gasteiger partial charge in [-0.05, 0) is 36.5 Å². The number of oxime groups is 1. The molecule has 0 aromatic carbocycles. The van der Waals surface area contributed by atoms with E-state index in [4.69, 9.17) is 9.98 Å². The smallest absolute Gasteiger partial charge is 0.360 e. The second-order valence-corrected chi connectivity index (χ2v) is 13.2.